The van der Waals surface area contributed by atoms with Gasteiger partial charge in [-0.3, -0.25) is 9.59 Å². The second-order valence-electron chi connectivity index (χ2n) is 5.23. The SMILES string of the molecule is O=C(CCCC(=O)N1CCCCC1)c1ccc(F)cc1. The highest BCUT2D eigenvalue weighted by Gasteiger charge is 2.16. The Morgan fingerprint density at radius 1 is 1.00 bits per heavy atom. The first-order chi connectivity index (χ1) is 9.66. The molecular weight excluding hydrogens is 257 g/mol. The van der Waals surface area contributed by atoms with Gasteiger partial charge < -0.3 is 4.90 Å². The summed E-state index contributed by atoms with van der Waals surface area (Å²) in [5.74, 6) is -0.227. The van der Waals surface area contributed by atoms with E-state index < -0.39 is 0 Å². The minimum Gasteiger partial charge on any atom is -0.343 e. The average molecular weight is 277 g/mol. The number of piperidine rings is 1. The van der Waals surface area contributed by atoms with Crippen molar-refractivity contribution in [3.8, 4) is 0 Å². The lowest BCUT2D eigenvalue weighted by Gasteiger charge is -2.26. The van der Waals surface area contributed by atoms with E-state index in [4.69, 9.17) is 0 Å². The number of amides is 1. The van der Waals surface area contributed by atoms with E-state index >= 15 is 0 Å². The second kappa shape index (κ2) is 7.17. The summed E-state index contributed by atoms with van der Waals surface area (Å²) < 4.78 is 12.8. The Bertz CT molecular complexity index is 464. The highest BCUT2D eigenvalue weighted by atomic mass is 19.1. The Labute approximate surface area is 118 Å². The van der Waals surface area contributed by atoms with Gasteiger partial charge in [0.1, 0.15) is 5.82 Å². The summed E-state index contributed by atoms with van der Waals surface area (Å²) >= 11 is 0. The zero-order valence-electron chi connectivity index (χ0n) is 11.6. The molecule has 0 spiro atoms. The summed E-state index contributed by atoms with van der Waals surface area (Å²) in [5.41, 5.74) is 0.511. The first kappa shape index (κ1) is 14.7. The maximum atomic E-state index is 12.8. The average Bonchev–Trinajstić information content (AvgIpc) is 2.48. The predicted octanol–water partition coefficient (Wildman–Crippen LogP) is 3.19. The van der Waals surface area contributed by atoms with Gasteiger partial charge in [-0.15, -0.1) is 0 Å². The fourth-order valence-electron chi connectivity index (χ4n) is 2.48. The molecule has 1 aliphatic heterocycles. The van der Waals surface area contributed by atoms with Crippen molar-refractivity contribution >= 4 is 11.7 Å². The van der Waals surface area contributed by atoms with Crippen LogP contribution in [0.4, 0.5) is 4.39 Å². The molecular formula is C16H20FNO2. The lowest BCUT2D eigenvalue weighted by atomic mass is 10.0. The molecule has 108 valence electrons. The maximum absolute atomic E-state index is 12.8. The molecule has 4 heteroatoms. The molecule has 0 aliphatic carbocycles. The first-order valence-corrected chi connectivity index (χ1v) is 7.23. The summed E-state index contributed by atoms with van der Waals surface area (Å²) in [7, 11) is 0. The number of carbonyl (C=O) groups is 2. The van der Waals surface area contributed by atoms with Crippen molar-refractivity contribution in [3.05, 3.63) is 35.6 Å². The van der Waals surface area contributed by atoms with E-state index in [0.717, 1.165) is 25.9 Å². The number of hydrogen-bond acceptors (Lipinski definition) is 2. The van der Waals surface area contributed by atoms with Crippen molar-refractivity contribution in [1.29, 1.82) is 0 Å². The Balaban J connectivity index is 1.73. The minimum atomic E-state index is -0.346. The molecule has 0 atom stereocenters. The normalized spacial score (nSPS) is 15.2. The van der Waals surface area contributed by atoms with E-state index in [2.05, 4.69) is 0 Å². The van der Waals surface area contributed by atoms with Gasteiger partial charge in [-0.25, -0.2) is 4.39 Å². The smallest absolute Gasteiger partial charge is 0.222 e. The second-order valence-corrected chi connectivity index (χ2v) is 5.23. The molecule has 1 fully saturated rings. The number of Topliss-reactive ketones (excluding diaryl/α,β-unsaturated/α-hetero) is 1. The van der Waals surface area contributed by atoms with Crippen molar-refractivity contribution < 1.29 is 14.0 Å². The van der Waals surface area contributed by atoms with E-state index in [0.29, 0.717) is 24.8 Å². The van der Waals surface area contributed by atoms with Gasteiger partial charge in [0.2, 0.25) is 5.91 Å². The molecule has 0 saturated carbocycles. The maximum Gasteiger partial charge on any atom is 0.222 e. The number of benzene rings is 1. The van der Waals surface area contributed by atoms with Crippen LogP contribution in [0.5, 0.6) is 0 Å². The minimum absolute atomic E-state index is 0.0311. The van der Waals surface area contributed by atoms with Crippen molar-refractivity contribution in [2.75, 3.05) is 13.1 Å². The number of halogens is 1. The van der Waals surface area contributed by atoms with Crippen LogP contribution in [-0.4, -0.2) is 29.7 Å². The number of carbonyl (C=O) groups excluding carboxylic acids is 2. The van der Waals surface area contributed by atoms with E-state index in [1.54, 1.807) is 0 Å². The molecule has 1 heterocycles. The number of nitrogens with zero attached hydrogens (tertiary/aromatic N) is 1. The molecule has 1 saturated heterocycles. The fraction of sp³-hybridized carbons (Fsp3) is 0.500. The molecule has 2 rings (SSSR count). The van der Waals surface area contributed by atoms with Crippen LogP contribution < -0.4 is 0 Å². The van der Waals surface area contributed by atoms with Crippen LogP contribution >= 0.6 is 0 Å². The number of hydrogen-bond donors (Lipinski definition) is 0. The molecule has 0 unspecified atom stereocenters. The summed E-state index contributed by atoms with van der Waals surface area (Å²) in [6, 6.07) is 5.55. The van der Waals surface area contributed by atoms with Gasteiger partial charge in [-0.2, -0.15) is 0 Å². The van der Waals surface area contributed by atoms with E-state index in [-0.39, 0.29) is 17.5 Å². The van der Waals surface area contributed by atoms with Crippen LogP contribution in [0.2, 0.25) is 0 Å². The molecule has 1 aromatic carbocycles. The Kier molecular flexibility index (Phi) is 5.27. The molecule has 0 radical (unpaired) electrons. The largest absolute Gasteiger partial charge is 0.343 e. The van der Waals surface area contributed by atoms with Gasteiger partial charge in [-0.1, -0.05) is 0 Å². The summed E-state index contributed by atoms with van der Waals surface area (Å²) in [6.45, 7) is 1.70. The number of rotatable bonds is 5. The Morgan fingerprint density at radius 3 is 2.30 bits per heavy atom. The van der Waals surface area contributed by atoms with Crippen LogP contribution in [0.25, 0.3) is 0 Å². The van der Waals surface area contributed by atoms with Crippen LogP contribution in [-0.2, 0) is 4.79 Å². The lowest BCUT2D eigenvalue weighted by molar-refractivity contribution is -0.132. The quantitative estimate of drug-likeness (QED) is 0.775. The van der Waals surface area contributed by atoms with Crippen molar-refractivity contribution in [1.82, 2.24) is 4.90 Å². The Morgan fingerprint density at radius 2 is 1.65 bits per heavy atom. The molecule has 1 aromatic rings. The number of likely N-dealkylation sites (tertiary alicyclic amines) is 1. The van der Waals surface area contributed by atoms with Gasteiger partial charge in [0.05, 0.1) is 0 Å². The van der Waals surface area contributed by atoms with Gasteiger partial charge >= 0.3 is 0 Å². The van der Waals surface area contributed by atoms with E-state index in [9.17, 15) is 14.0 Å². The molecule has 0 aromatic heterocycles. The van der Waals surface area contributed by atoms with Gasteiger partial charge in [0, 0.05) is 31.5 Å². The molecule has 20 heavy (non-hydrogen) atoms. The van der Waals surface area contributed by atoms with Crippen LogP contribution in [0.1, 0.15) is 48.9 Å². The highest BCUT2D eigenvalue weighted by molar-refractivity contribution is 5.96. The van der Waals surface area contributed by atoms with Crippen molar-refractivity contribution in [2.45, 2.75) is 38.5 Å². The third-order valence-corrected chi connectivity index (χ3v) is 3.67. The topological polar surface area (TPSA) is 37.4 Å². The van der Waals surface area contributed by atoms with Crippen molar-refractivity contribution in [3.63, 3.8) is 0 Å². The third kappa shape index (κ3) is 4.15. The summed E-state index contributed by atoms with van der Waals surface area (Å²) in [5, 5.41) is 0. The highest BCUT2D eigenvalue weighted by Crippen LogP contribution is 2.13. The molecule has 1 amide bonds. The summed E-state index contributed by atoms with van der Waals surface area (Å²) in [4.78, 5) is 25.7. The zero-order chi connectivity index (χ0) is 14.4. The van der Waals surface area contributed by atoms with Crippen LogP contribution in [0, 0.1) is 5.82 Å². The van der Waals surface area contributed by atoms with E-state index in [1.807, 2.05) is 4.90 Å². The molecule has 3 nitrogen and oxygen atoms in total. The molecule has 0 N–H and O–H groups in total. The van der Waals surface area contributed by atoms with Gasteiger partial charge in [0.25, 0.3) is 0 Å². The van der Waals surface area contributed by atoms with Gasteiger partial charge in [-0.05, 0) is 49.9 Å². The lowest BCUT2D eigenvalue weighted by Crippen LogP contribution is -2.35. The number of ketones is 1. The predicted molar refractivity (Wildman–Crippen MR) is 75.0 cm³/mol. The van der Waals surface area contributed by atoms with Crippen LogP contribution in [0.15, 0.2) is 24.3 Å². The zero-order valence-corrected chi connectivity index (χ0v) is 11.6. The third-order valence-electron chi connectivity index (χ3n) is 3.67. The standard InChI is InChI=1S/C16H20FNO2/c17-14-9-7-13(8-10-14)15(19)5-4-6-16(20)18-11-2-1-3-12-18/h7-10H,1-6,11-12H2. The van der Waals surface area contributed by atoms with Crippen LogP contribution in [0.3, 0.4) is 0 Å². The Hall–Kier alpha value is -1.71. The van der Waals surface area contributed by atoms with Crippen molar-refractivity contribution in [2.24, 2.45) is 0 Å². The molecule has 0 bridgehead atoms. The monoisotopic (exact) mass is 277 g/mol. The molecule has 1 aliphatic rings. The van der Waals surface area contributed by atoms with E-state index in [1.165, 1.54) is 30.7 Å². The summed E-state index contributed by atoms with van der Waals surface area (Å²) in [6.07, 6.45) is 4.69. The first-order valence-electron chi connectivity index (χ1n) is 7.23. The fourth-order valence-corrected chi connectivity index (χ4v) is 2.48. The van der Waals surface area contributed by atoms with Gasteiger partial charge in [0.15, 0.2) is 5.78 Å².